The Labute approximate surface area is 261 Å². The van der Waals surface area contributed by atoms with E-state index in [9.17, 15) is 0 Å². The van der Waals surface area contributed by atoms with E-state index in [4.69, 9.17) is 9.97 Å². The van der Waals surface area contributed by atoms with Crippen LogP contribution in [0.15, 0.2) is 140 Å². The first kappa shape index (κ1) is 24.6. The van der Waals surface area contributed by atoms with Crippen molar-refractivity contribution >= 4 is 75.3 Å². The van der Waals surface area contributed by atoms with Crippen LogP contribution in [-0.2, 0) is 0 Å². The maximum absolute atomic E-state index is 5.38. The van der Waals surface area contributed by atoms with Gasteiger partial charge < -0.3 is 4.57 Å². The second-order valence-corrected chi connectivity index (χ2v) is 12.3. The van der Waals surface area contributed by atoms with E-state index in [1.165, 1.54) is 31.6 Å². The zero-order chi connectivity index (χ0) is 29.5. The van der Waals surface area contributed by atoms with Crippen molar-refractivity contribution in [2.24, 2.45) is 0 Å². The second kappa shape index (κ2) is 9.32. The number of thiophene rings is 1. The van der Waals surface area contributed by atoms with E-state index in [0.29, 0.717) is 5.95 Å². The molecule has 5 nitrogen and oxygen atoms in total. The van der Waals surface area contributed by atoms with Gasteiger partial charge in [0.05, 0.1) is 39.6 Å². The van der Waals surface area contributed by atoms with Crippen LogP contribution in [0.1, 0.15) is 0 Å². The van der Waals surface area contributed by atoms with Crippen LogP contribution in [0.4, 0.5) is 0 Å². The molecular formula is C39H23N5S. The second-order valence-electron chi connectivity index (χ2n) is 11.3. The van der Waals surface area contributed by atoms with E-state index in [0.717, 1.165) is 49.2 Å². The molecule has 5 aromatic heterocycles. The normalized spacial score (nSPS) is 12.0. The fourth-order valence-corrected chi connectivity index (χ4v) is 8.09. The molecule has 210 valence electrons. The number of hydrogen-bond donors (Lipinski definition) is 0. The molecular weight excluding hydrogens is 571 g/mol. The molecule has 0 bridgehead atoms. The number of pyridine rings is 1. The summed E-state index contributed by atoms with van der Waals surface area (Å²) in [7, 11) is 0. The predicted molar refractivity (Wildman–Crippen MR) is 187 cm³/mol. The molecule has 0 atom stereocenters. The Morgan fingerprint density at radius 1 is 0.489 bits per heavy atom. The van der Waals surface area contributed by atoms with Crippen LogP contribution < -0.4 is 0 Å². The zero-order valence-corrected chi connectivity index (χ0v) is 24.7. The summed E-state index contributed by atoms with van der Waals surface area (Å²) in [6.45, 7) is 0. The lowest BCUT2D eigenvalue weighted by atomic mass is 10.1. The van der Waals surface area contributed by atoms with Gasteiger partial charge >= 0.3 is 0 Å². The fourth-order valence-electron chi connectivity index (χ4n) is 7.01. The SMILES string of the molecule is c1ccc(-c2nc(-n3c4ccccc4c4c5c6ccccc6n(-c6cccnc6)c5ccc43)nc3sc4ccccc4c23)cc1. The minimum Gasteiger partial charge on any atom is -0.308 e. The van der Waals surface area contributed by atoms with Gasteiger partial charge in [0.25, 0.3) is 0 Å². The first-order valence-corrected chi connectivity index (χ1v) is 15.8. The van der Waals surface area contributed by atoms with Crippen LogP contribution in [0.5, 0.6) is 0 Å². The van der Waals surface area contributed by atoms with Gasteiger partial charge in [-0.2, -0.15) is 0 Å². The number of nitrogens with zero attached hydrogens (tertiary/aromatic N) is 5. The largest absolute Gasteiger partial charge is 0.308 e. The minimum absolute atomic E-state index is 0.675. The van der Waals surface area contributed by atoms with Crippen LogP contribution in [0.2, 0.25) is 0 Å². The minimum atomic E-state index is 0.675. The molecule has 10 aromatic rings. The molecule has 0 spiro atoms. The molecule has 0 N–H and O–H groups in total. The summed E-state index contributed by atoms with van der Waals surface area (Å²) in [5, 5.41) is 7.09. The van der Waals surface area contributed by atoms with Crippen LogP contribution in [0, 0.1) is 0 Å². The first-order chi connectivity index (χ1) is 22.3. The lowest BCUT2D eigenvalue weighted by Gasteiger charge is -2.10. The number of rotatable bonds is 3. The smallest absolute Gasteiger partial charge is 0.236 e. The van der Waals surface area contributed by atoms with Gasteiger partial charge in [-0.3, -0.25) is 9.55 Å². The van der Waals surface area contributed by atoms with Crippen LogP contribution in [-0.4, -0.2) is 24.1 Å². The number of benzene rings is 5. The van der Waals surface area contributed by atoms with Gasteiger partial charge in [0.1, 0.15) is 4.83 Å². The average Bonchev–Trinajstić information content (AvgIpc) is 3.76. The highest BCUT2D eigenvalue weighted by molar-refractivity contribution is 7.25. The van der Waals surface area contributed by atoms with Crippen molar-refractivity contribution in [1.82, 2.24) is 24.1 Å². The monoisotopic (exact) mass is 593 g/mol. The summed E-state index contributed by atoms with van der Waals surface area (Å²) in [4.78, 5) is 16.1. The van der Waals surface area contributed by atoms with Gasteiger partial charge in [0.15, 0.2) is 0 Å². The molecule has 0 unspecified atom stereocenters. The van der Waals surface area contributed by atoms with E-state index in [-0.39, 0.29) is 0 Å². The van der Waals surface area contributed by atoms with E-state index < -0.39 is 0 Å². The standard InChI is InChI=1S/C39H23N5S/c1-2-11-24(12-3-1)37-36-28-16-6-9-19-33(28)45-38(36)42-39(41-37)44-30-18-8-5-15-27(30)35-32(44)21-20-31-34(35)26-14-4-7-17-29(26)43(31)25-13-10-22-40-23-25/h1-23H. The molecule has 0 fully saturated rings. The third-order valence-electron chi connectivity index (χ3n) is 8.85. The number of aromatic nitrogens is 5. The van der Waals surface area contributed by atoms with Gasteiger partial charge in [0.2, 0.25) is 5.95 Å². The number of para-hydroxylation sites is 2. The highest BCUT2D eigenvalue weighted by Gasteiger charge is 2.23. The van der Waals surface area contributed by atoms with Gasteiger partial charge in [-0.1, -0.05) is 84.9 Å². The molecule has 10 rings (SSSR count). The van der Waals surface area contributed by atoms with Crippen molar-refractivity contribution < 1.29 is 0 Å². The van der Waals surface area contributed by atoms with Gasteiger partial charge in [0, 0.05) is 48.8 Å². The maximum atomic E-state index is 5.38. The van der Waals surface area contributed by atoms with Crippen molar-refractivity contribution in [3.63, 3.8) is 0 Å². The average molecular weight is 594 g/mol. The summed E-state index contributed by atoms with van der Waals surface area (Å²) in [6, 6.07) is 44.9. The topological polar surface area (TPSA) is 48.5 Å². The molecule has 0 aliphatic heterocycles. The van der Waals surface area contributed by atoms with E-state index in [1.807, 2.05) is 18.5 Å². The molecule has 5 heterocycles. The summed E-state index contributed by atoms with van der Waals surface area (Å²) in [6.07, 6.45) is 3.75. The van der Waals surface area contributed by atoms with Gasteiger partial charge in [-0.25, -0.2) is 9.97 Å². The molecule has 45 heavy (non-hydrogen) atoms. The van der Waals surface area contributed by atoms with E-state index >= 15 is 0 Å². The summed E-state index contributed by atoms with van der Waals surface area (Å²) >= 11 is 1.72. The van der Waals surface area contributed by atoms with Crippen LogP contribution in [0.25, 0.3) is 86.8 Å². The molecule has 0 saturated carbocycles. The van der Waals surface area contributed by atoms with Crippen molar-refractivity contribution in [1.29, 1.82) is 0 Å². The Kier molecular flexibility index (Phi) is 5.09. The molecule has 0 amide bonds. The number of fused-ring (bicyclic) bond motifs is 10. The summed E-state index contributed by atoms with van der Waals surface area (Å²) < 4.78 is 5.77. The van der Waals surface area contributed by atoms with Crippen molar-refractivity contribution in [3.05, 3.63) is 140 Å². The Morgan fingerprint density at radius 3 is 1.87 bits per heavy atom. The molecule has 0 aliphatic carbocycles. The zero-order valence-electron chi connectivity index (χ0n) is 23.9. The van der Waals surface area contributed by atoms with Crippen LogP contribution in [0.3, 0.4) is 0 Å². The first-order valence-electron chi connectivity index (χ1n) is 15.0. The molecule has 6 heteroatoms. The third-order valence-corrected chi connectivity index (χ3v) is 9.91. The lowest BCUT2D eigenvalue weighted by Crippen LogP contribution is -2.02. The molecule has 5 aromatic carbocycles. The third kappa shape index (κ3) is 3.45. The van der Waals surface area contributed by atoms with Gasteiger partial charge in [-0.15, -0.1) is 11.3 Å². The quantitative estimate of drug-likeness (QED) is 0.205. The van der Waals surface area contributed by atoms with E-state index in [2.05, 4.69) is 135 Å². The van der Waals surface area contributed by atoms with Crippen molar-refractivity contribution in [3.8, 4) is 22.9 Å². The van der Waals surface area contributed by atoms with Gasteiger partial charge in [-0.05, 0) is 42.5 Å². The summed E-state index contributed by atoms with van der Waals surface area (Å²) in [5.41, 5.74) is 7.53. The van der Waals surface area contributed by atoms with Crippen molar-refractivity contribution in [2.75, 3.05) is 0 Å². The highest BCUT2D eigenvalue weighted by Crippen LogP contribution is 2.43. The van der Waals surface area contributed by atoms with Crippen molar-refractivity contribution in [2.45, 2.75) is 0 Å². The highest BCUT2D eigenvalue weighted by atomic mass is 32.1. The lowest BCUT2D eigenvalue weighted by molar-refractivity contribution is 1.02. The maximum Gasteiger partial charge on any atom is 0.236 e. The fraction of sp³-hybridized carbons (Fsp3) is 0. The predicted octanol–water partition coefficient (Wildman–Crippen LogP) is 10.1. The Bertz CT molecular complexity index is 2760. The van der Waals surface area contributed by atoms with Crippen LogP contribution >= 0.6 is 11.3 Å². The molecule has 0 aliphatic rings. The molecule has 0 saturated heterocycles. The Balaban J connectivity index is 1.36. The Morgan fingerprint density at radius 2 is 1.13 bits per heavy atom. The number of hydrogen-bond acceptors (Lipinski definition) is 4. The Hall–Kier alpha value is -5.85. The van der Waals surface area contributed by atoms with E-state index in [1.54, 1.807) is 11.3 Å². The summed E-state index contributed by atoms with van der Waals surface area (Å²) in [5.74, 6) is 0.675. The molecule has 0 radical (unpaired) electrons.